The van der Waals surface area contributed by atoms with Gasteiger partial charge in [-0.2, -0.15) is 4.98 Å². The maximum Gasteiger partial charge on any atom is 0.328 e. The normalized spacial score (nSPS) is 25.5. The number of carbonyl (C=O) groups excluding carboxylic acids is 1. The van der Waals surface area contributed by atoms with E-state index in [1.807, 2.05) is 0 Å². The van der Waals surface area contributed by atoms with Crippen LogP contribution in [-0.2, 0) is 4.79 Å². The van der Waals surface area contributed by atoms with E-state index in [-0.39, 0.29) is 23.9 Å². The van der Waals surface area contributed by atoms with Crippen molar-refractivity contribution in [2.45, 2.75) is 32.2 Å². The average Bonchev–Trinajstić information content (AvgIpc) is 2.75. The van der Waals surface area contributed by atoms with Crippen LogP contribution in [0.1, 0.15) is 25.1 Å². The van der Waals surface area contributed by atoms with Gasteiger partial charge in [-0.05, 0) is 19.8 Å². The summed E-state index contributed by atoms with van der Waals surface area (Å²) >= 11 is 0. The molecule has 2 unspecified atom stereocenters. The Hall–Kier alpha value is -1.43. The first-order valence-corrected chi connectivity index (χ1v) is 5.03. The number of carbonyl (C=O) groups is 1. The predicted molar refractivity (Wildman–Crippen MR) is 53.0 cm³/mol. The molecule has 2 atom stereocenters. The lowest BCUT2D eigenvalue weighted by Gasteiger charge is -2.12. The molecular weight excluding hydrogens is 196 g/mol. The second kappa shape index (κ2) is 3.98. The van der Waals surface area contributed by atoms with Gasteiger partial charge in [0.25, 0.3) is 0 Å². The smallest absolute Gasteiger partial charge is 0.327 e. The fourth-order valence-electron chi connectivity index (χ4n) is 1.86. The summed E-state index contributed by atoms with van der Waals surface area (Å²) in [5.74, 6) is 0.252. The number of anilines is 1. The van der Waals surface area contributed by atoms with E-state index in [4.69, 9.17) is 10.3 Å². The highest BCUT2D eigenvalue weighted by Gasteiger charge is 2.30. The molecule has 1 aromatic rings. The van der Waals surface area contributed by atoms with Crippen LogP contribution in [-0.4, -0.2) is 22.1 Å². The van der Waals surface area contributed by atoms with E-state index in [0.29, 0.717) is 5.82 Å². The monoisotopic (exact) mass is 210 g/mol. The van der Waals surface area contributed by atoms with Gasteiger partial charge in [-0.25, -0.2) is 0 Å². The van der Waals surface area contributed by atoms with E-state index in [2.05, 4.69) is 15.5 Å². The van der Waals surface area contributed by atoms with Gasteiger partial charge in [-0.15, -0.1) is 0 Å². The summed E-state index contributed by atoms with van der Waals surface area (Å²) in [4.78, 5) is 15.6. The SMILES string of the molecule is Cc1noc(NC(=O)C2CCCC2N)n1. The van der Waals surface area contributed by atoms with Crippen LogP contribution in [0.25, 0.3) is 0 Å². The first kappa shape index (κ1) is 10.1. The van der Waals surface area contributed by atoms with E-state index < -0.39 is 0 Å². The average molecular weight is 210 g/mol. The third-order valence-corrected chi connectivity index (χ3v) is 2.66. The van der Waals surface area contributed by atoms with Gasteiger partial charge in [0.2, 0.25) is 5.91 Å². The van der Waals surface area contributed by atoms with Gasteiger partial charge >= 0.3 is 6.01 Å². The highest BCUT2D eigenvalue weighted by molar-refractivity contribution is 5.91. The highest BCUT2D eigenvalue weighted by Crippen LogP contribution is 2.24. The Balaban J connectivity index is 1.97. The summed E-state index contributed by atoms with van der Waals surface area (Å²) in [6, 6.07) is 0.102. The van der Waals surface area contributed by atoms with Crippen molar-refractivity contribution in [3.05, 3.63) is 5.82 Å². The molecule has 0 aromatic carbocycles. The molecule has 1 amide bonds. The number of aryl methyl sites for hydroxylation is 1. The van der Waals surface area contributed by atoms with Crippen molar-refractivity contribution in [3.63, 3.8) is 0 Å². The van der Waals surface area contributed by atoms with Crippen LogP contribution < -0.4 is 11.1 Å². The zero-order chi connectivity index (χ0) is 10.8. The van der Waals surface area contributed by atoms with Gasteiger partial charge in [0.1, 0.15) is 0 Å². The van der Waals surface area contributed by atoms with E-state index in [9.17, 15) is 4.79 Å². The molecule has 1 aromatic heterocycles. The number of hydrogen-bond acceptors (Lipinski definition) is 5. The number of rotatable bonds is 2. The molecule has 6 nitrogen and oxygen atoms in total. The molecule has 1 saturated carbocycles. The summed E-state index contributed by atoms with van der Waals surface area (Å²) < 4.78 is 4.80. The molecule has 0 aliphatic heterocycles. The lowest BCUT2D eigenvalue weighted by Crippen LogP contribution is -2.34. The molecule has 1 aliphatic carbocycles. The van der Waals surface area contributed by atoms with E-state index >= 15 is 0 Å². The number of amides is 1. The van der Waals surface area contributed by atoms with Gasteiger partial charge in [-0.1, -0.05) is 11.6 Å². The van der Waals surface area contributed by atoms with Crippen LogP contribution in [0.2, 0.25) is 0 Å². The van der Waals surface area contributed by atoms with Gasteiger partial charge < -0.3 is 10.3 Å². The second-order valence-corrected chi connectivity index (χ2v) is 3.84. The van der Waals surface area contributed by atoms with Gasteiger partial charge in [0.05, 0.1) is 5.92 Å². The number of nitrogens with zero attached hydrogens (tertiary/aromatic N) is 2. The van der Waals surface area contributed by atoms with Gasteiger partial charge in [0, 0.05) is 6.04 Å². The van der Waals surface area contributed by atoms with Crippen molar-refractivity contribution in [1.82, 2.24) is 10.1 Å². The minimum Gasteiger partial charge on any atom is -0.327 e. The molecule has 0 bridgehead atoms. The molecule has 1 heterocycles. The Bertz CT molecular complexity index is 363. The quantitative estimate of drug-likeness (QED) is 0.738. The standard InChI is InChI=1S/C9H14N4O2/c1-5-11-9(15-13-5)12-8(14)6-3-2-4-7(6)10/h6-7H,2-4,10H2,1H3,(H,11,12,13,14). The molecular formula is C9H14N4O2. The molecule has 82 valence electrons. The molecule has 3 N–H and O–H groups in total. The number of hydrogen-bond donors (Lipinski definition) is 2. The van der Waals surface area contributed by atoms with Crippen molar-refractivity contribution >= 4 is 11.9 Å². The topological polar surface area (TPSA) is 94.0 Å². The maximum absolute atomic E-state index is 11.7. The van der Waals surface area contributed by atoms with Crippen molar-refractivity contribution in [3.8, 4) is 0 Å². The van der Waals surface area contributed by atoms with Crippen molar-refractivity contribution in [2.75, 3.05) is 5.32 Å². The van der Waals surface area contributed by atoms with Crippen LogP contribution in [0.3, 0.4) is 0 Å². The van der Waals surface area contributed by atoms with E-state index in [1.165, 1.54) is 0 Å². The molecule has 1 fully saturated rings. The largest absolute Gasteiger partial charge is 0.328 e. The van der Waals surface area contributed by atoms with E-state index in [1.54, 1.807) is 6.92 Å². The van der Waals surface area contributed by atoms with Gasteiger partial charge in [0.15, 0.2) is 5.82 Å². The third-order valence-electron chi connectivity index (χ3n) is 2.66. The Morgan fingerprint density at radius 3 is 2.93 bits per heavy atom. The fourth-order valence-corrected chi connectivity index (χ4v) is 1.86. The minimum atomic E-state index is -0.128. The van der Waals surface area contributed by atoms with Crippen LogP contribution in [0, 0.1) is 12.8 Å². The lowest BCUT2D eigenvalue weighted by atomic mass is 10.0. The summed E-state index contributed by atoms with van der Waals surface area (Å²) in [6.45, 7) is 1.69. The zero-order valence-corrected chi connectivity index (χ0v) is 8.56. The highest BCUT2D eigenvalue weighted by atomic mass is 16.5. The van der Waals surface area contributed by atoms with Crippen molar-refractivity contribution in [2.24, 2.45) is 11.7 Å². The predicted octanol–water partition coefficient (Wildman–Crippen LogP) is 0.444. The van der Waals surface area contributed by atoms with Crippen LogP contribution >= 0.6 is 0 Å². The fraction of sp³-hybridized carbons (Fsp3) is 0.667. The zero-order valence-electron chi connectivity index (χ0n) is 8.56. The van der Waals surface area contributed by atoms with Crippen molar-refractivity contribution < 1.29 is 9.32 Å². The number of aromatic nitrogens is 2. The molecule has 0 radical (unpaired) electrons. The minimum absolute atomic E-state index is 0.0472. The molecule has 0 saturated heterocycles. The first-order valence-electron chi connectivity index (χ1n) is 5.03. The Kier molecular flexibility index (Phi) is 2.68. The van der Waals surface area contributed by atoms with Crippen LogP contribution in [0.15, 0.2) is 4.52 Å². The molecule has 1 aliphatic rings. The summed E-state index contributed by atoms with van der Waals surface area (Å²) in [5, 5.41) is 6.16. The third kappa shape index (κ3) is 2.15. The molecule has 2 rings (SSSR count). The molecule has 6 heteroatoms. The van der Waals surface area contributed by atoms with Gasteiger partial charge in [-0.3, -0.25) is 10.1 Å². The lowest BCUT2D eigenvalue weighted by molar-refractivity contribution is -0.120. The summed E-state index contributed by atoms with van der Waals surface area (Å²) in [7, 11) is 0. The second-order valence-electron chi connectivity index (χ2n) is 3.84. The number of nitrogens with one attached hydrogen (secondary N) is 1. The Labute approximate surface area is 87.2 Å². The van der Waals surface area contributed by atoms with Crippen molar-refractivity contribution in [1.29, 1.82) is 0 Å². The first-order chi connectivity index (χ1) is 7.16. The van der Waals surface area contributed by atoms with Crippen LogP contribution in [0.5, 0.6) is 0 Å². The van der Waals surface area contributed by atoms with Crippen LogP contribution in [0.4, 0.5) is 6.01 Å². The Morgan fingerprint density at radius 1 is 1.60 bits per heavy atom. The van der Waals surface area contributed by atoms with E-state index in [0.717, 1.165) is 19.3 Å². The summed E-state index contributed by atoms with van der Waals surface area (Å²) in [6.07, 6.45) is 2.74. The molecule has 15 heavy (non-hydrogen) atoms. The molecule has 0 spiro atoms. The summed E-state index contributed by atoms with van der Waals surface area (Å²) in [5.41, 5.74) is 5.81. The number of nitrogens with two attached hydrogens (primary N) is 1. The Morgan fingerprint density at radius 2 is 2.40 bits per heavy atom. The maximum atomic E-state index is 11.7.